The molecule has 5 heteroatoms. The molecular formula is C21H30O5. The minimum absolute atomic E-state index is 0.139. The maximum Gasteiger partial charge on any atom is 0.311 e. The van der Waals surface area contributed by atoms with Crippen LogP contribution in [0.15, 0.2) is 34.7 Å². The summed E-state index contributed by atoms with van der Waals surface area (Å²) in [5.74, 6) is 0.315. The highest BCUT2D eigenvalue weighted by Gasteiger charge is 2.65. The number of ether oxygens (including phenoxy) is 2. The largest absolute Gasteiger partial charge is 0.472 e. The van der Waals surface area contributed by atoms with Crippen molar-refractivity contribution in [1.29, 1.82) is 0 Å². The lowest BCUT2D eigenvalue weighted by molar-refractivity contribution is -0.147. The van der Waals surface area contributed by atoms with Gasteiger partial charge in [0, 0.05) is 0 Å². The van der Waals surface area contributed by atoms with Crippen molar-refractivity contribution < 1.29 is 23.8 Å². The second-order valence-corrected chi connectivity index (χ2v) is 7.99. The molecule has 2 aliphatic rings. The van der Waals surface area contributed by atoms with Crippen molar-refractivity contribution in [2.24, 2.45) is 5.92 Å². The van der Waals surface area contributed by atoms with Gasteiger partial charge in [-0.25, -0.2) is 0 Å². The van der Waals surface area contributed by atoms with E-state index in [4.69, 9.17) is 13.9 Å². The summed E-state index contributed by atoms with van der Waals surface area (Å²) in [6, 6.07) is 1.99. The Bertz CT molecular complexity index is 620. The predicted octanol–water partition coefficient (Wildman–Crippen LogP) is 4.15. The number of aryl methyl sites for hydroxylation is 1. The Morgan fingerprint density at radius 3 is 3.04 bits per heavy atom. The third kappa shape index (κ3) is 5.21. The molecule has 5 nitrogen and oxygen atoms in total. The van der Waals surface area contributed by atoms with E-state index in [1.165, 1.54) is 11.1 Å². The van der Waals surface area contributed by atoms with Crippen LogP contribution in [0.4, 0.5) is 0 Å². The quantitative estimate of drug-likeness (QED) is 0.364. The zero-order valence-corrected chi connectivity index (χ0v) is 15.8. The molecule has 0 saturated carbocycles. The Morgan fingerprint density at radius 1 is 1.50 bits per heavy atom. The van der Waals surface area contributed by atoms with Crippen molar-refractivity contribution >= 4 is 5.97 Å². The van der Waals surface area contributed by atoms with Gasteiger partial charge in [0.15, 0.2) is 0 Å². The number of fused-ring (bicyclic) bond motifs is 1. The fourth-order valence-corrected chi connectivity index (χ4v) is 3.90. The molecule has 0 bridgehead atoms. The number of hydrogen-bond donors (Lipinski definition) is 1. The van der Waals surface area contributed by atoms with Gasteiger partial charge in [0.05, 0.1) is 25.1 Å². The summed E-state index contributed by atoms with van der Waals surface area (Å²) in [6.45, 7) is 4.27. The predicted molar refractivity (Wildman–Crippen MR) is 97.4 cm³/mol. The Labute approximate surface area is 155 Å². The van der Waals surface area contributed by atoms with Gasteiger partial charge in [-0.3, -0.25) is 4.79 Å². The molecule has 2 saturated heterocycles. The van der Waals surface area contributed by atoms with Crippen LogP contribution in [0.2, 0.25) is 0 Å². The average Bonchev–Trinajstić information content (AvgIpc) is 2.92. The summed E-state index contributed by atoms with van der Waals surface area (Å²) in [6.07, 6.45) is 11.9. The summed E-state index contributed by atoms with van der Waals surface area (Å²) in [5.41, 5.74) is 2.13. The number of carbonyl (C=O) groups is 1. The van der Waals surface area contributed by atoms with E-state index < -0.39 is 0 Å². The van der Waals surface area contributed by atoms with E-state index in [0.29, 0.717) is 12.3 Å². The van der Waals surface area contributed by atoms with Crippen LogP contribution in [-0.4, -0.2) is 29.1 Å². The monoisotopic (exact) mass is 362 g/mol. The maximum absolute atomic E-state index is 11.2. The van der Waals surface area contributed by atoms with Gasteiger partial charge in [-0.1, -0.05) is 31.4 Å². The van der Waals surface area contributed by atoms with Crippen LogP contribution in [0.3, 0.4) is 0 Å². The van der Waals surface area contributed by atoms with Crippen molar-refractivity contribution in [2.45, 2.75) is 83.2 Å². The topological polar surface area (TPSA) is 72.2 Å². The summed E-state index contributed by atoms with van der Waals surface area (Å²) < 4.78 is 15.6. The third-order valence-corrected chi connectivity index (χ3v) is 5.43. The lowest BCUT2D eigenvalue weighted by Gasteiger charge is -2.17. The number of allylic oxidation sites excluding steroid dienone is 1. The smallest absolute Gasteiger partial charge is 0.311 e. The van der Waals surface area contributed by atoms with E-state index in [-0.39, 0.29) is 24.0 Å². The van der Waals surface area contributed by atoms with Crippen molar-refractivity contribution in [3.8, 4) is 0 Å². The SMILES string of the molecule is C/C(=C\CCc1ccoc1)C[C@H](O)C[C@H](C)CCCC12CC(=O)OC1O2. The molecular weight excluding hydrogens is 332 g/mol. The van der Waals surface area contributed by atoms with Crippen molar-refractivity contribution in [3.05, 3.63) is 35.8 Å². The highest BCUT2D eigenvalue weighted by atomic mass is 16.8. The molecule has 3 rings (SSSR count). The molecule has 0 amide bonds. The minimum atomic E-state index is -0.316. The van der Waals surface area contributed by atoms with Crippen LogP contribution in [0, 0.1) is 5.92 Å². The van der Waals surface area contributed by atoms with Gasteiger partial charge in [0.2, 0.25) is 6.29 Å². The van der Waals surface area contributed by atoms with Gasteiger partial charge in [0.1, 0.15) is 5.60 Å². The molecule has 3 heterocycles. The van der Waals surface area contributed by atoms with Gasteiger partial charge in [-0.15, -0.1) is 0 Å². The van der Waals surface area contributed by atoms with Crippen LogP contribution in [0.5, 0.6) is 0 Å². The highest BCUT2D eigenvalue weighted by molar-refractivity contribution is 5.74. The standard InChI is InChI=1S/C21H30O5/c1-15(5-3-7-17-8-10-24-14-17)11-18(22)12-16(2)6-4-9-21-13-19(23)25-20(21)26-21/h5,8,10,14,16,18,20,22H,3-4,6-7,9,11-13H2,1-2H3/b15-5+/t16-,18+,20?,21?/m1/s1. The first-order valence-corrected chi connectivity index (χ1v) is 9.69. The molecule has 1 N–H and O–H groups in total. The number of rotatable bonds is 11. The Morgan fingerprint density at radius 2 is 2.35 bits per heavy atom. The fraction of sp³-hybridized carbons (Fsp3) is 0.667. The molecule has 1 aromatic rings. The maximum atomic E-state index is 11.2. The van der Waals surface area contributed by atoms with Crippen molar-refractivity contribution in [1.82, 2.24) is 0 Å². The zero-order valence-electron chi connectivity index (χ0n) is 15.8. The molecule has 2 unspecified atom stereocenters. The van der Waals surface area contributed by atoms with E-state index >= 15 is 0 Å². The number of esters is 1. The second-order valence-electron chi connectivity index (χ2n) is 7.99. The van der Waals surface area contributed by atoms with E-state index in [1.807, 2.05) is 6.07 Å². The molecule has 0 radical (unpaired) electrons. The van der Waals surface area contributed by atoms with Crippen molar-refractivity contribution in [3.63, 3.8) is 0 Å². The van der Waals surface area contributed by atoms with E-state index in [9.17, 15) is 9.90 Å². The minimum Gasteiger partial charge on any atom is -0.472 e. The number of aliphatic hydroxyl groups is 1. The molecule has 1 aromatic heterocycles. The number of carbonyl (C=O) groups excluding carboxylic acids is 1. The zero-order chi connectivity index (χ0) is 18.6. The molecule has 0 aromatic carbocycles. The van der Waals surface area contributed by atoms with Gasteiger partial charge < -0.3 is 19.0 Å². The summed E-state index contributed by atoms with van der Waals surface area (Å²) in [5, 5.41) is 10.3. The molecule has 2 fully saturated rings. The third-order valence-electron chi connectivity index (χ3n) is 5.43. The number of furan rings is 1. The van der Waals surface area contributed by atoms with Crippen LogP contribution in [0.25, 0.3) is 0 Å². The van der Waals surface area contributed by atoms with Crippen LogP contribution < -0.4 is 0 Å². The van der Waals surface area contributed by atoms with Crippen LogP contribution in [0.1, 0.15) is 64.4 Å². The summed E-state index contributed by atoms with van der Waals surface area (Å²) in [4.78, 5) is 11.2. The molecule has 144 valence electrons. The number of epoxide rings is 1. The molecule has 2 aliphatic heterocycles. The van der Waals surface area contributed by atoms with Crippen molar-refractivity contribution in [2.75, 3.05) is 0 Å². The van der Waals surface area contributed by atoms with Crippen LogP contribution >= 0.6 is 0 Å². The molecule has 26 heavy (non-hydrogen) atoms. The van der Waals surface area contributed by atoms with E-state index in [1.54, 1.807) is 12.5 Å². The summed E-state index contributed by atoms with van der Waals surface area (Å²) >= 11 is 0. The first kappa shape index (κ1) is 19.2. The first-order valence-electron chi connectivity index (χ1n) is 9.69. The van der Waals surface area contributed by atoms with E-state index in [0.717, 1.165) is 44.9 Å². The molecule has 0 aliphatic carbocycles. The van der Waals surface area contributed by atoms with Crippen LogP contribution in [-0.2, 0) is 20.7 Å². The Kier molecular flexibility index (Phi) is 6.20. The number of aliphatic hydroxyl groups excluding tert-OH is 1. The van der Waals surface area contributed by atoms with E-state index in [2.05, 4.69) is 19.9 Å². The Balaban J connectivity index is 1.28. The fourth-order valence-electron chi connectivity index (χ4n) is 3.90. The lowest BCUT2D eigenvalue weighted by atomic mass is 9.91. The summed E-state index contributed by atoms with van der Waals surface area (Å²) in [7, 11) is 0. The van der Waals surface area contributed by atoms with Gasteiger partial charge in [0.25, 0.3) is 0 Å². The molecule has 0 spiro atoms. The van der Waals surface area contributed by atoms with Gasteiger partial charge in [-0.05, 0) is 56.6 Å². The first-order chi connectivity index (χ1) is 12.5. The molecule has 4 atom stereocenters. The normalized spacial score (nSPS) is 27.1. The lowest BCUT2D eigenvalue weighted by Crippen LogP contribution is -2.14. The highest BCUT2D eigenvalue weighted by Crippen LogP contribution is 2.49. The number of hydrogen-bond acceptors (Lipinski definition) is 5. The average molecular weight is 362 g/mol. The Hall–Kier alpha value is -1.59. The van der Waals surface area contributed by atoms with Gasteiger partial charge >= 0.3 is 5.97 Å². The second kappa shape index (κ2) is 8.40. The van der Waals surface area contributed by atoms with Gasteiger partial charge in [-0.2, -0.15) is 0 Å².